The summed E-state index contributed by atoms with van der Waals surface area (Å²) in [6.07, 6.45) is 0.536. The number of hydrogen-bond acceptors (Lipinski definition) is 4. The molecule has 0 aliphatic carbocycles. The third kappa shape index (κ3) is 3.61. The molecular weight excluding hydrogens is 358 g/mol. The highest BCUT2D eigenvalue weighted by Crippen LogP contribution is 2.27. The smallest absolute Gasteiger partial charge is 0.239 e. The molecule has 27 heavy (non-hydrogen) atoms. The van der Waals surface area contributed by atoms with Gasteiger partial charge in [0, 0.05) is 17.8 Å². The standard InChI is InChI=1S/C21H19N3O2S/c25-20(17-11-12-24(21(17)26)16-9-5-2-6-10-16)22-13-18-19(23-14-27-18)15-7-3-1-4-8-15/h1-10,14,17H,11-13H2,(H,22,25). The molecule has 5 nitrogen and oxygen atoms in total. The molecule has 4 rings (SSSR count). The monoisotopic (exact) mass is 377 g/mol. The van der Waals surface area contributed by atoms with Crippen molar-refractivity contribution in [1.29, 1.82) is 0 Å². The summed E-state index contributed by atoms with van der Waals surface area (Å²) >= 11 is 1.51. The average molecular weight is 377 g/mol. The molecule has 6 heteroatoms. The van der Waals surface area contributed by atoms with E-state index >= 15 is 0 Å². The van der Waals surface area contributed by atoms with Gasteiger partial charge in [-0.05, 0) is 18.6 Å². The highest BCUT2D eigenvalue weighted by Gasteiger charge is 2.37. The minimum absolute atomic E-state index is 0.133. The molecule has 3 aromatic rings. The van der Waals surface area contributed by atoms with Crippen LogP contribution in [0.25, 0.3) is 11.3 Å². The Morgan fingerprint density at radius 3 is 2.56 bits per heavy atom. The van der Waals surface area contributed by atoms with Gasteiger partial charge in [0.2, 0.25) is 11.8 Å². The van der Waals surface area contributed by atoms with Crippen LogP contribution in [0.15, 0.2) is 66.2 Å². The van der Waals surface area contributed by atoms with E-state index in [1.165, 1.54) is 11.3 Å². The fourth-order valence-corrected chi connectivity index (χ4v) is 4.03. The first-order valence-corrected chi connectivity index (χ1v) is 9.74. The van der Waals surface area contributed by atoms with Crippen molar-refractivity contribution < 1.29 is 9.59 Å². The van der Waals surface area contributed by atoms with E-state index < -0.39 is 5.92 Å². The normalized spacial score (nSPS) is 16.5. The van der Waals surface area contributed by atoms with Crippen molar-refractivity contribution in [3.63, 3.8) is 0 Å². The van der Waals surface area contributed by atoms with Gasteiger partial charge in [-0.15, -0.1) is 11.3 Å². The molecule has 0 bridgehead atoms. The highest BCUT2D eigenvalue weighted by atomic mass is 32.1. The number of carbonyl (C=O) groups excluding carboxylic acids is 2. The van der Waals surface area contributed by atoms with E-state index in [4.69, 9.17) is 0 Å². The third-order valence-electron chi connectivity index (χ3n) is 4.70. The molecule has 2 heterocycles. The number of amides is 2. The maximum atomic E-state index is 12.7. The van der Waals surface area contributed by atoms with Crippen LogP contribution in [0.2, 0.25) is 0 Å². The van der Waals surface area contributed by atoms with E-state index in [2.05, 4.69) is 10.3 Å². The lowest BCUT2D eigenvalue weighted by atomic mass is 10.1. The lowest BCUT2D eigenvalue weighted by Crippen LogP contribution is -2.36. The summed E-state index contributed by atoms with van der Waals surface area (Å²) in [4.78, 5) is 32.3. The summed E-state index contributed by atoms with van der Waals surface area (Å²) in [5, 5.41) is 2.92. The van der Waals surface area contributed by atoms with Gasteiger partial charge in [0.25, 0.3) is 0 Å². The van der Waals surface area contributed by atoms with E-state index in [0.717, 1.165) is 21.8 Å². The van der Waals surface area contributed by atoms with Crippen molar-refractivity contribution in [3.05, 3.63) is 71.1 Å². The number of nitrogens with one attached hydrogen (secondary N) is 1. The highest BCUT2D eigenvalue weighted by molar-refractivity contribution is 7.10. The molecular formula is C21H19N3O2S. The molecule has 1 aromatic heterocycles. The van der Waals surface area contributed by atoms with Gasteiger partial charge in [-0.2, -0.15) is 0 Å². The van der Waals surface area contributed by atoms with Crippen LogP contribution in [0, 0.1) is 5.92 Å². The predicted octanol–water partition coefficient (Wildman–Crippen LogP) is 3.48. The molecule has 0 saturated carbocycles. The number of anilines is 1. The second kappa shape index (κ2) is 7.72. The Morgan fingerprint density at radius 2 is 1.81 bits per heavy atom. The average Bonchev–Trinajstić information content (AvgIpc) is 3.34. The summed E-state index contributed by atoms with van der Waals surface area (Å²) in [6.45, 7) is 0.944. The molecule has 1 atom stereocenters. The van der Waals surface area contributed by atoms with Crippen LogP contribution in [0.5, 0.6) is 0 Å². The first-order chi connectivity index (χ1) is 13.2. The minimum Gasteiger partial charge on any atom is -0.350 e. The number of aromatic nitrogens is 1. The van der Waals surface area contributed by atoms with Gasteiger partial charge in [0.15, 0.2) is 0 Å². The van der Waals surface area contributed by atoms with Crippen molar-refractivity contribution >= 4 is 28.8 Å². The quantitative estimate of drug-likeness (QED) is 0.693. The lowest BCUT2D eigenvalue weighted by Gasteiger charge is -2.16. The second-order valence-corrected chi connectivity index (χ2v) is 7.31. The molecule has 2 aromatic carbocycles. The Hall–Kier alpha value is -2.99. The fourth-order valence-electron chi connectivity index (χ4n) is 3.31. The summed E-state index contributed by atoms with van der Waals surface area (Å²) in [5.41, 5.74) is 4.52. The molecule has 2 amide bonds. The van der Waals surface area contributed by atoms with Gasteiger partial charge in [0.05, 0.1) is 22.6 Å². The predicted molar refractivity (Wildman–Crippen MR) is 106 cm³/mol. The van der Waals surface area contributed by atoms with E-state index in [-0.39, 0.29) is 11.8 Å². The molecule has 0 radical (unpaired) electrons. The van der Waals surface area contributed by atoms with E-state index in [0.29, 0.717) is 19.5 Å². The first kappa shape index (κ1) is 17.4. The van der Waals surface area contributed by atoms with Crippen molar-refractivity contribution in [2.24, 2.45) is 5.92 Å². The van der Waals surface area contributed by atoms with Crippen LogP contribution in [0.3, 0.4) is 0 Å². The van der Waals surface area contributed by atoms with Crippen molar-refractivity contribution in [1.82, 2.24) is 10.3 Å². The number of benzene rings is 2. The van der Waals surface area contributed by atoms with Crippen LogP contribution in [-0.4, -0.2) is 23.3 Å². The Kier molecular flexibility index (Phi) is 4.98. The summed E-state index contributed by atoms with van der Waals surface area (Å²) in [7, 11) is 0. The SMILES string of the molecule is O=C(NCc1scnc1-c1ccccc1)C1CCN(c2ccccc2)C1=O. The van der Waals surface area contributed by atoms with E-state index in [1.54, 1.807) is 10.4 Å². The van der Waals surface area contributed by atoms with Crippen LogP contribution >= 0.6 is 11.3 Å². The lowest BCUT2D eigenvalue weighted by molar-refractivity contribution is -0.132. The molecule has 1 aliphatic heterocycles. The van der Waals surface area contributed by atoms with Crippen LogP contribution in [0.4, 0.5) is 5.69 Å². The Bertz CT molecular complexity index is 940. The second-order valence-electron chi connectivity index (χ2n) is 6.37. The fraction of sp³-hybridized carbons (Fsp3) is 0.190. The third-order valence-corrected chi connectivity index (χ3v) is 5.53. The topological polar surface area (TPSA) is 62.3 Å². The van der Waals surface area contributed by atoms with Gasteiger partial charge in [0.1, 0.15) is 5.92 Å². The van der Waals surface area contributed by atoms with Crippen molar-refractivity contribution in [3.8, 4) is 11.3 Å². The van der Waals surface area contributed by atoms with E-state index in [9.17, 15) is 9.59 Å². The Labute approximate surface area is 161 Å². The maximum absolute atomic E-state index is 12.7. The van der Waals surface area contributed by atoms with Gasteiger partial charge in [-0.1, -0.05) is 48.5 Å². The summed E-state index contributed by atoms with van der Waals surface area (Å²) in [5.74, 6) is -0.976. The van der Waals surface area contributed by atoms with Gasteiger partial charge >= 0.3 is 0 Å². The number of nitrogens with zero attached hydrogens (tertiary/aromatic N) is 2. The zero-order valence-electron chi connectivity index (χ0n) is 14.7. The summed E-state index contributed by atoms with van der Waals surface area (Å²) in [6, 6.07) is 19.4. The van der Waals surface area contributed by atoms with Crippen LogP contribution < -0.4 is 10.2 Å². The molecule has 0 spiro atoms. The number of rotatable bonds is 5. The van der Waals surface area contributed by atoms with Crippen molar-refractivity contribution in [2.75, 3.05) is 11.4 Å². The molecule has 1 N–H and O–H groups in total. The van der Waals surface area contributed by atoms with Gasteiger partial charge in [-0.3, -0.25) is 9.59 Å². The minimum atomic E-state index is -0.627. The Balaban J connectivity index is 1.41. The first-order valence-electron chi connectivity index (χ1n) is 8.86. The van der Waals surface area contributed by atoms with E-state index in [1.807, 2.05) is 60.7 Å². The molecule has 136 valence electrons. The van der Waals surface area contributed by atoms with Crippen LogP contribution in [0.1, 0.15) is 11.3 Å². The summed E-state index contributed by atoms with van der Waals surface area (Å²) < 4.78 is 0. The zero-order chi connectivity index (χ0) is 18.6. The van der Waals surface area contributed by atoms with Gasteiger partial charge < -0.3 is 10.2 Å². The number of para-hydroxylation sites is 1. The number of thiazole rings is 1. The molecule has 1 unspecified atom stereocenters. The van der Waals surface area contributed by atoms with Gasteiger partial charge in [-0.25, -0.2) is 4.98 Å². The Morgan fingerprint density at radius 1 is 1.11 bits per heavy atom. The van der Waals surface area contributed by atoms with Crippen molar-refractivity contribution in [2.45, 2.75) is 13.0 Å². The number of carbonyl (C=O) groups is 2. The maximum Gasteiger partial charge on any atom is 0.239 e. The van der Waals surface area contributed by atoms with Crippen LogP contribution in [-0.2, 0) is 16.1 Å². The largest absolute Gasteiger partial charge is 0.350 e. The molecule has 1 saturated heterocycles. The number of hydrogen-bond donors (Lipinski definition) is 1. The molecule has 1 fully saturated rings. The molecule has 1 aliphatic rings. The zero-order valence-corrected chi connectivity index (χ0v) is 15.5.